The number of carbonyl (C=O) groups excluding carboxylic acids is 1. The molecule has 186 valence electrons. The summed E-state index contributed by atoms with van der Waals surface area (Å²) < 4.78 is 28.7. The molecule has 1 aliphatic carbocycles. The first-order chi connectivity index (χ1) is 17.4. The van der Waals surface area contributed by atoms with E-state index >= 15 is 0 Å². The first-order valence-electron chi connectivity index (χ1n) is 12.6. The molecule has 0 amide bonds. The number of aliphatic hydroxyl groups is 1. The van der Waals surface area contributed by atoms with Gasteiger partial charge in [-0.2, -0.15) is 0 Å². The molecule has 36 heavy (non-hydrogen) atoms. The maximum Gasteiger partial charge on any atom is 0.163 e. The first kappa shape index (κ1) is 24.4. The van der Waals surface area contributed by atoms with Crippen molar-refractivity contribution in [2.24, 2.45) is 16.3 Å². The third-order valence-electron chi connectivity index (χ3n) is 7.73. The van der Waals surface area contributed by atoms with E-state index in [0.717, 1.165) is 40.9 Å². The zero-order valence-corrected chi connectivity index (χ0v) is 20.4. The van der Waals surface area contributed by atoms with E-state index in [1.165, 1.54) is 18.2 Å². The largest absolute Gasteiger partial charge is 0.396 e. The van der Waals surface area contributed by atoms with Gasteiger partial charge in [-0.15, -0.1) is 0 Å². The van der Waals surface area contributed by atoms with Crippen LogP contribution in [0.5, 0.6) is 0 Å². The molecule has 2 aliphatic rings. The number of pyridine rings is 1. The fraction of sp³-hybridized carbons (Fsp3) is 0.367. The lowest BCUT2D eigenvalue weighted by Crippen LogP contribution is -2.35. The maximum absolute atomic E-state index is 14.3. The van der Waals surface area contributed by atoms with Gasteiger partial charge in [-0.1, -0.05) is 24.6 Å². The highest BCUT2D eigenvalue weighted by atomic mass is 19.1. The van der Waals surface area contributed by atoms with Crippen LogP contribution < -0.4 is 0 Å². The number of rotatable bonds is 7. The Balaban J connectivity index is 1.32. The Morgan fingerprint density at radius 2 is 1.94 bits per heavy atom. The van der Waals surface area contributed by atoms with Gasteiger partial charge < -0.3 is 5.11 Å². The Kier molecular flexibility index (Phi) is 6.80. The standard InChI is InChI=1S/C30H30F2N2O2/c1-19-12-22(9-11-33-19)29-24-14-21(7-8-23(24)17-34-29)28(36)13-20-4-3-10-30(15-20,18-35)16-25-26(31)5-2-6-27(25)32/h2,5-9,11-12,14,20,35H,3-4,10,13,15-18H2,1H3. The van der Waals surface area contributed by atoms with Gasteiger partial charge in [0.25, 0.3) is 0 Å². The van der Waals surface area contributed by atoms with Crippen molar-refractivity contribution in [2.75, 3.05) is 6.61 Å². The summed E-state index contributed by atoms with van der Waals surface area (Å²) in [5.74, 6) is -1.06. The van der Waals surface area contributed by atoms with E-state index in [2.05, 4.69) is 4.98 Å². The molecular formula is C30H30F2N2O2. The zero-order chi connectivity index (χ0) is 25.3. The molecule has 1 saturated carbocycles. The van der Waals surface area contributed by atoms with Gasteiger partial charge in [0.15, 0.2) is 5.78 Å². The van der Waals surface area contributed by atoms with Gasteiger partial charge in [0.1, 0.15) is 11.6 Å². The van der Waals surface area contributed by atoms with Gasteiger partial charge in [0, 0.05) is 47.2 Å². The SMILES string of the molecule is Cc1cc(C2=NCc3ccc(C(=O)CC4CCCC(CO)(Cc5c(F)cccc5F)C4)cc32)ccn1. The van der Waals surface area contributed by atoms with Crippen molar-refractivity contribution >= 4 is 11.5 Å². The average Bonchev–Trinajstić information content (AvgIpc) is 3.30. The molecule has 5 rings (SSSR count). The lowest BCUT2D eigenvalue weighted by Gasteiger charge is -2.40. The second-order valence-electron chi connectivity index (χ2n) is 10.3. The minimum atomic E-state index is -0.622. The fourth-order valence-corrected chi connectivity index (χ4v) is 5.87. The third-order valence-corrected chi connectivity index (χ3v) is 7.73. The summed E-state index contributed by atoms with van der Waals surface area (Å²) in [6, 6.07) is 13.6. The van der Waals surface area contributed by atoms with Gasteiger partial charge in [-0.05, 0) is 79.8 Å². The van der Waals surface area contributed by atoms with Crippen LogP contribution in [0.15, 0.2) is 59.7 Å². The van der Waals surface area contributed by atoms with Crippen molar-refractivity contribution < 1.29 is 18.7 Å². The lowest BCUT2D eigenvalue weighted by atomic mass is 9.66. The number of nitrogens with zero attached hydrogens (tertiary/aromatic N) is 2. The zero-order valence-electron chi connectivity index (χ0n) is 20.4. The van der Waals surface area contributed by atoms with Crippen LogP contribution in [0.3, 0.4) is 0 Å². The second-order valence-corrected chi connectivity index (χ2v) is 10.3. The van der Waals surface area contributed by atoms with E-state index in [9.17, 15) is 18.7 Å². The van der Waals surface area contributed by atoms with E-state index in [0.29, 0.717) is 31.4 Å². The third kappa shape index (κ3) is 4.87. The minimum absolute atomic E-state index is 0.0234. The van der Waals surface area contributed by atoms with Crippen LogP contribution in [0.4, 0.5) is 8.78 Å². The number of halogens is 2. The molecule has 2 atom stereocenters. The summed E-state index contributed by atoms with van der Waals surface area (Å²) in [6.45, 7) is 2.38. The van der Waals surface area contributed by atoms with Crippen molar-refractivity contribution in [1.82, 2.24) is 4.98 Å². The molecule has 1 aromatic heterocycles. The van der Waals surface area contributed by atoms with Gasteiger partial charge in [-0.25, -0.2) is 8.78 Å². The van der Waals surface area contributed by atoms with Gasteiger partial charge >= 0.3 is 0 Å². The molecule has 2 unspecified atom stereocenters. The molecule has 2 heterocycles. The van der Waals surface area contributed by atoms with Crippen molar-refractivity contribution in [3.05, 3.63) is 99.9 Å². The Bertz CT molecular complexity index is 1320. The summed E-state index contributed by atoms with van der Waals surface area (Å²) in [4.78, 5) is 22.3. The van der Waals surface area contributed by atoms with Crippen LogP contribution in [-0.2, 0) is 13.0 Å². The van der Waals surface area contributed by atoms with E-state index in [4.69, 9.17) is 4.99 Å². The van der Waals surface area contributed by atoms with Crippen LogP contribution in [0.25, 0.3) is 0 Å². The first-order valence-corrected chi connectivity index (χ1v) is 12.6. The Labute approximate surface area is 210 Å². The molecule has 6 heteroatoms. The summed E-state index contributed by atoms with van der Waals surface area (Å²) in [7, 11) is 0. The summed E-state index contributed by atoms with van der Waals surface area (Å²) in [6.07, 6.45) is 5.18. The predicted molar refractivity (Wildman–Crippen MR) is 135 cm³/mol. The Hall–Kier alpha value is -3.25. The number of aliphatic hydroxyl groups excluding tert-OH is 1. The van der Waals surface area contributed by atoms with Crippen molar-refractivity contribution in [3.63, 3.8) is 0 Å². The molecule has 3 aromatic rings. The second kappa shape index (κ2) is 10.0. The number of aromatic nitrogens is 1. The molecular weight excluding hydrogens is 458 g/mol. The lowest BCUT2D eigenvalue weighted by molar-refractivity contribution is 0.0507. The van der Waals surface area contributed by atoms with E-state index in [-0.39, 0.29) is 30.3 Å². The van der Waals surface area contributed by atoms with Crippen LogP contribution in [0.1, 0.15) is 70.4 Å². The van der Waals surface area contributed by atoms with Crippen LogP contribution >= 0.6 is 0 Å². The summed E-state index contributed by atoms with van der Waals surface area (Å²) in [5, 5.41) is 10.3. The molecule has 1 N–H and O–H groups in total. The molecule has 1 aliphatic heterocycles. The van der Waals surface area contributed by atoms with Crippen LogP contribution in [-0.4, -0.2) is 28.2 Å². The number of ketones is 1. The predicted octanol–water partition coefficient (Wildman–Crippen LogP) is 6.00. The molecule has 0 radical (unpaired) electrons. The topological polar surface area (TPSA) is 62.5 Å². The maximum atomic E-state index is 14.3. The normalized spacial score (nSPS) is 21.2. The van der Waals surface area contributed by atoms with Gasteiger partial charge in [0.2, 0.25) is 0 Å². The van der Waals surface area contributed by atoms with Crippen LogP contribution in [0, 0.1) is 29.9 Å². The summed E-state index contributed by atoms with van der Waals surface area (Å²) >= 11 is 0. The van der Waals surface area contributed by atoms with Crippen LogP contribution in [0.2, 0.25) is 0 Å². The van der Waals surface area contributed by atoms with Crippen molar-refractivity contribution in [2.45, 2.75) is 52.0 Å². The number of aliphatic imine (C=N–C) groups is 1. The molecule has 0 bridgehead atoms. The number of fused-ring (bicyclic) bond motifs is 1. The van der Waals surface area contributed by atoms with Crippen molar-refractivity contribution in [3.8, 4) is 0 Å². The molecule has 1 fully saturated rings. The van der Waals surface area contributed by atoms with E-state index in [1.807, 2.05) is 37.3 Å². The highest BCUT2D eigenvalue weighted by molar-refractivity contribution is 6.16. The number of carbonyl (C=O) groups is 1. The Morgan fingerprint density at radius 3 is 2.69 bits per heavy atom. The molecule has 0 saturated heterocycles. The van der Waals surface area contributed by atoms with Crippen molar-refractivity contribution in [1.29, 1.82) is 0 Å². The molecule has 2 aromatic carbocycles. The number of hydrogen-bond donors (Lipinski definition) is 1. The fourth-order valence-electron chi connectivity index (χ4n) is 5.87. The number of benzene rings is 2. The van der Waals surface area contributed by atoms with E-state index in [1.54, 1.807) is 6.20 Å². The van der Waals surface area contributed by atoms with E-state index < -0.39 is 17.0 Å². The number of Topliss-reactive ketones (excluding diaryl/α,β-unsaturated/α-hetero) is 1. The minimum Gasteiger partial charge on any atom is -0.396 e. The molecule has 0 spiro atoms. The summed E-state index contributed by atoms with van der Waals surface area (Å²) in [5.41, 5.74) is 4.92. The smallest absolute Gasteiger partial charge is 0.163 e. The van der Waals surface area contributed by atoms with Gasteiger partial charge in [-0.3, -0.25) is 14.8 Å². The number of hydrogen-bond acceptors (Lipinski definition) is 4. The monoisotopic (exact) mass is 488 g/mol. The average molecular weight is 489 g/mol. The number of aryl methyl sites for hydroxylation is 1. The molecule has 4 nitrogen and oxygen atoms in total. The Morgan fingerprint density at radius 1 is 1.14 bits per heavy atom. The highest BCUT2D eigenvalue weighted by Crippen LogP contribution is 2.44. The van der Waals surface area contributed by atoms with Gasteiger partial charge in [0.05, 0.1) is 12.3 Å². The highest BCUT2D eigenvalue weighted by Gasteiger charge is 2.38. The quantitative estimate of drug-likeness (QED) is 0.415.